The Morgan fingerprint density at radius 3 is 2.45 bits per heavy atom. The molecule has 1 aliphatic heterocycles. The van der Waals surface area contributed by atoms with Crippen LogP contribution >= 0.6 is 15.9 Å². The van der Waals surface area contributed by atoms with E-state index in [-0.39, 0.29) is 24.6 Å². The van der Waals surface area contributed by atoms with Crippen LogP contribution in [0.15, 0.2) is 83.3 Å². The molecule has 3 aromatic rings. The van der Waals surface area contributed by atoms with Crippen molar-refractivity contribution in [1.29, 1.82) is 0 Å². The molecule has 5 heteroatoms. The number of carbonyl (C=O) groups is 1. The first kappa shape index (κ1) is 19.5. The Kier molecular flexibility index (Phi) is 5.86. The van der Waals surface area contributed by atoms with Gasteiger partial charge >= 0.3 is 6.09 Å². The van der Waals surface area contributed by atoms with Crippen LogP contribution in [-0.4, -0.2) is 6.09 Å². The quantitative estimate of drug-likeness (QED) is 0.495. The van der Waals surface area contributed by atoms with E-state index in [1.807, 2.05) is 60.7 Å². The van der Waals surface area contributed by atoms with E-state index >= 15 is 0 Å². The third-order valence-electron chi connectivity index (χ3n) is 5.36. The minimum absolute atomic E-state index is 0.0873. The average molecular weight is 451 g/mol. The lowest BCUT2D eigenvalue weighted by Crippen LogP contribution is -2.40. The Morgan fingerprint density at radius 1 is 1.03 bits per heavy atom. The summed E-state index contributed by atoms with van der Waals surface area (Å²) in [5.41, 5.74) is 4.23. The van der Waals surface area contributed by atoms with E-state index in [9.17, 15) is 4.79 Å². The van der Waals surface area contributed by atoms with Gasteiger partial charge in [-0.3, -0.25) is 0 Å². The van der Waals surface area contributed by atoms with E-state index in [2.05, 4.69) is 51.7 Å². The van der Waals surface area contributed by atoms with Crippen LogP contribution < -0.4 is 10.6 Å². The molecule has 0 unspecified atom stereocenters. The van der Waals surface area contributed by atoms with E-state index in [0.717, 1.165) is 21.3 Å². The molecule has 148 valence electrons. The second-order valence-corrected chi connectivity index (χ2v) is 8.22. The molecule has 4 rings (SSSR count). The predicted molar refractivity (Wildman–Crippen MR) is 119 cm³/mol. The van der Waals surface area contributed by atoms with Crippen molar-refractivity contribution >= 4 is 27.7 Å². The molecule has 4 nitrogen and oxygen atoms in total. The van der Waals surface area contributed by atoms with Crippen LogP contribution in [-0.2, 0) is 11.3 Å². The highest BCUT2D eigenvalue weighted by Crippen LogP contribution is 2.43. The summed E-state index contributed by atoms with van der Waals surface area (Å²) in [5, 5.41) is 6.74. The van der Waals surface area contributed by atoms with Gasteiger partial charge in [0, 0.05) is 16.1 Å². The summed E-state index contributed by atoms with van der Waals surface area (Å²) in [6.45, 7) is 2.40. The maximum absolute atomic E-state index is 12.6. The van der Waals surface area contributed by atoms with Crippen molar-refractivity contribution in [3.05, 3.63) is 100 Å². The van der Waals surface area contributed by atoms with Crippen molar-refractivity contribution in [3.63, 3.8) is 0 Å². The predicted octanol–water partition coefficient (Wildman–Crippen LogP) is 6.22. The number of anilines is 1. The number of carbonyl (C=O) groups excluding carboxylic acids is 1. The SMILES string of the molecule is C[C@@H]1[C@@H](c2ccccc2)Nc2ccc(Br)cc2[C@H]1NC(=O)OCc1ccccc1. The van der Waals surface area contributed by atoms with E-state index in [1.54, 1.807) is 0 Å². The molecule has 0 saturated carbocycles. The van der Waals surface area contributed by atoms with Gasteiger partial charge in [0.1, 0.15) is 6.61 Å². The molecule has 0 fully saturated rings. The van der Waals surface area contributed by atoms with Gasteiger partial charge in [-0.05, 0) is 34.9 Å². The van der Waals surface area contributed by atoms with Crippen molar-refractivity contribution in [2.45, 2.75) is 25.6 Å². The molecule has 0 saturated heterocycles. The van der Waals surface area contributed by atoms with Crippen molar-refractivity contribution in [2.75, 3.05) is 5.32 Å². The summed E-state index contributed by atoms with van der Waals surface area (Å²) in [4.78, 5) is 12.6. The zero-order valence-corrected chi connectivity index (χ0v) is 17.7. The zero-order chi connectivity index (χ0) is 20.2. The second kappa shape index (κ2) is 8.70. The van der Waals surface area contributed by atoms with Crippen molar-refractivity contribution in [2.24, 2.45) is 5.92 Å². The summed E-state index contributed by atoms with van der Waals surface area (Å²) >= 11 is 3.55. The first-order valence-corrected chi connectivity index (χ1v) is 10.5. The van der Waals surface area contributed by atoms with Gasteiger partial charge in [-0.1, -0.05) is 83.5 Å². The fourth-order valence-corrected chi connectivity index (χ4v) is 4.22. The molecule has 0 aliphatic carbocycles. The van der Waals surface area contributed by atoms with Gasteiger partial charge in [0.25, 0.3) is 0 Å². The van der Waals surface area contributed by atoms with Crippen LogP contribution in [0.2, 0.25) is 0 Å². The molecule has 1 heterocycles. The number of amides is 1. The van der Waals surface area contributed by atoms with Gasteiger partial charge in [-0.25, -0.2) is 4.79 Å². The largest absolute Gasteiger partial charge is 0.445 e. The maximum Gasteiger partial charge on any atom is 0.407 e. The number of rotatable bonds is 4. The molecule has 1 aliphatic rings. The first-order chi connectivity index (χ1) is 14.1. The standard InChI is InChI=1S/C24H23BrN2O2/c1-16-22(18-10-6-3-7-11-18)26-21-13-12-19(25)14-20(21)23(16)27-24(28)29-15-17-8-4-2-5-9-17/h2-14,16,22-23,26H,15H2,1H3,(H,27,28)/t16-,22+,23+/m1/s1. The van der Waals surface area contributed by atoms with Crippen LogP contribution in [0, 0.1) is 5.92 Å². The number of hydrogen-bond acceptors (Lipinski definition) is 3. The minimum Gasteiger partial charge on any atom is -0.445 e. The van der Waals surface area contributed by atoms with Gasteiger partial charge in [0.05, 0.1) is 12.1 Å². The van der Waals surface area contributed by atoms with Gasteiger partial charge in [-0.2, -0.15) is 0 Å². The van der Waals surface area contributed by atoms with Gasteiger partial charge in [0.2, 0.25) is 0 Å². The fraction of sp³-hybridized carbons (Fsp3) is 0.208. The summed E-state index contributed by atoms with van der Waals surface area (Å²) in [7, 11) is 0. The van der Waals surface area contributed by atoms with Crippen LogP contribution in [0.1, 0.15) is 35.7 Å². The van der Waals surface area contributed by atoms with Crippen LogP contribution in [0.25, 0.3) is 0 Å². The van der Waals surface area contributed by atoms with E-state index < -0.39 is 6.09 Å². The molecular weight excluding hydrogens is 428 g/mol. The molecule has 2 N–H and O–H groups in total. The number of ether oxygens (including phenoxy) is 1. The zero-order valence-electron chi connectivity index (χ0n) is 16.1. The Morgan fingerprint density at radius 2 is 1.72 bits per heavy atom. The molecule has 0 aromatic heterocycles. The van der Waals surface area contributed by atoms with Crippen LogP contribution in [0.5, 0.6) is 0 Å². The fourth-order valence-electron chi connectivity index (χ4n) is 3.85. The lowest BCUT2D eigenvalue weighted by molar-refractivity contribution is 0.130. The number of nitrogens with one attached hydrogen (secondary N) is 2. The number of benzene rings is 3. The Labute approximate surface area is 179 Å². The Balaban J connectivity index is 1.56. The molecule has 0 bridgehead atoms. The first-order valence-electron chi connectivity index (χ1n) is 9.70. The summed E-state index contributed by atoms with van der Waals surface area (Å²) < 4.78 is 6.46. The van der Waals surface area contributed by atoms with Gasteiger partial charge in [-0.15, -0.1) is 0 Å². The van der Waals surface area contributed by atoms with Crippen LogP contribution in [0.3, 0.4) is 0 Å². The highest BCUT2D eigenvalue weighted by molar-refractivity contribution is 9.10. The molecule has 29 heavy (non-hydrogen) atoms. The number of hydrogen-bond donors (Lipinski definition) is 2. The van der Waals surface area contributed by atoms with Crippen LogP contribution in [0.4, 0.5) is 10.5 Å². The number of halogens is 1. The highest BCUT2D eigenvalue weighted by Gasteiger charge is 2.35. The van der Waals surface area contributed by atoms with Crippen molar-refractivity contribution in [1.82, 2.24) is 5.32 Å². The van der Waals surface area contributed by atoms with Crippen molar-refractivity contribution in [3.8, 4) is 0 Å². The Bertz CT molecular complexity index is 979. The molecule has 0 spiro atoms. The molecular formula is C24H23BrN2O2. The molecule has 3 aromatic carbocycles. The number of alkyl carbamates (subject to hydrolysis) is 1. The van der Waals surface area contributed by atoms with Gasteiger partial charge in [0.15, 0.2) is 0 Å². The van der Waals surface area contributed by atoms with E-state index in [0.29, 0.717) is 0 Å². The summed E-state index contributed by atoms with van der Waals surface area (Å²) in [5.74, 6) is 0.128. The topological polar surface area (TPSA) is 50.4 Å². The molecule has 3 atom stereocenters. The Hall–Kier alpha value is -2.79. The third kappa shape index (κ3) is 4.46. The minimum atomic E-state index is -0.412. The number of fused-ring (bicyclic) bond motifs is 1. The third-order valence-corrected chi connectivity index (χ3v) is 5.85. The normalized spacial score (nSPS) is 20.3. The average Bonchev–Trinajstić information content (AvgIpc) is 2.75. The highest BCUT2D eigenvalue weighted by atomic mass is 79.9. The van der Waals surface area contributed by atoms with Crippen molar-refractivity contribution < 1.29 is 9.53 Å². The summed E-state index contributed by atoms with van der Waals surface area (Å²) in [6.07, 6.45) is -0.412. The summed E-state index contributed by atoms with van der Waals surface area (Å²) in [6, 6.07) is 26.0. The molecule has 1 amide bonds. The lowest BCUT2D eigenvalue weighted by Gasteiger charge is -2.39. The van der Waals surface area contributed by atoms with E-state index in [1.165, 1.54) is 5.56 Å². The van der Waals surface area contributed by atoms with E-state index in [4.69, 9.17) is 4.74 Å². The lowest BCUT2D eigenvalue weighted by atomic mass is 9.81. The molecule has 0 radical (unpaired) electrons. The monoisotopic (exact) mass is 450 g/mol. The smallest absolute Gasteiger partial charge is 0.407 e. The maximum atomic E-state index is 12.6. The second-order valence-electron chi connectivity index (χ2n) is 7.31. The van der Waals surface area contributed by atoms with Gasteiger partial charge < -0.3 is 15.4 Å².